The van der Waals surface area contributed by atoms with Gasteiger partial charge in [0, 0.05) is 4.88 Å². The van der Waals surface area contributed by atoms with Crippen molar-refractivity contribution in [2.45, 2.75) is 24.1 Å². The molecule has 0 saturated carbocycles. The van der Waals surface area contributed by atoms with E-state index in [4.69, 9.17) is 9.88 Å². The smallest absolute Gasteiger partial charge is 0.247 e. The third-order valence-corrected chi connectivity index (χ3v) is 5.50. The first kappa shape index (κ1) is 17.5. The van der Waals surface area contributed by atoms with Crippen LogP contribution in [0.2, 0.25) is 0 Å². The lowest BCUT2D eigenvalue weighted by Crippen LogP contribution is -2.24. The summed E-state index contributed by atoms with van der Waals surface area (Å²) in [6, 6.07) is 10.4. The van der Waals surface area contributed by atoms with E-state index >= 15 is 0 Å². The number of hydrogen-bond donors (Lipinski definition) is 2. The van der Waals surface area contributed by atoms with E-state index in [-0.39, 0.29) is 23.1 Å². The van der Waals surface area contributed by atoms with Gasteiger partial charge in [0.2, 0.25) is 15.9 Å². The van der Waals surface area contributed by atoms with Crippen molar-refractivity contribution >= 4 is 27.3 Å². The molecule has 0 aliphatic rings. The molecule has 1 heterocycles. The van der Waals surface area contributed by atoms with Gasteiger partial charge in [-0.05, 0) is 36.8 Å². The maximum absolute atomic E-state index is 11.9. The van der Waals surface area contributed by atoms with Crippen molar-refractivity contribution in [1.82, 2.24) is 5.32 Å². The standard InChI is InChI=1S/C15H18N2O4S2/c1-2-21-12-5-3-11(4-6-12)9-14(18)17-10-13-7-8-15(22-13)23(16,19)20/h3-8H,2,9-10H2,1H3,(H,17,18)(H2,16,19,20). The molecule has 6 nitrogen and oxygen atoms in total. The van der Waals surface area contributed by atoms with Crippen LogP contribution in [0.4, 0.5) is 0 Å². The second kappa shape index (κ2) is 7.58. The van der Waals surface area contributed by atoms with Crippen LogP contribution in [0.5, 0.6) is 5.75 Å². The zero-order valence-electron chi connectivity index (χ0n) is 12.6. The molecule has 0 saturated heterocycles. The van der Waals surface area contributed by atoms with Gasteiger partial charge in [0.25, 0.3) is 0 Å². The highest BCUT2D eigenvalue weighted by atomic mass is 32.2. The Bertz CT molecular complexity index is 767. The number of primary sulfonamides is 1. The van der Waals surface area contributed by atoms with Gasteiger partial charge in [-0.15, -0.1) is 11.3 Å². The number of thiophene rings is 1. The largest absolute Gasteiger partial charge is 0.494 e. The number of hydrogen-bond acceptors (Lipinski definition) is 5. The average Bonchev–Trinajstić information content (AvgIpc) is 2.97. The molecule has 2 aromatic rings. The number of nitrogens with one attached hydrogen (secondary N) is 1. The van der Waals surface area contributed by atoms with Crippen molar-refractivity contribution in [2.24, 2.45) is 5.14 Å². The molecule has 0 unspecified atom stereocenters. The summed E-state index contributed by atoms with van der Waals surface area (Å²) in [5.74, 6) is 0.630. The number of carbonyl (C=O) groups excluding carboxylic acids is 1. The Morgan fingerprint density at radius 3 is 2.48 bits per heavy atom. The van der Waals surface area contributed by atoms with E-state index in [0.29, 0.717) is 6.61 Å². The maximum atomic E-state index is 11.9. The molecule has 0 aliphatic carbocycles. The molecule has 0 bridgehead atoms. The third-order valence-electron chi connectivity index (χ3n) is 2.98. The lowest BCUT2D eigenvalue weighted by Gasteiger charge is -2.06. The number of rotatable bonds is 7. The van der Waals surface area contributed by atoms with Crippen molar-refractivity contribution in [2.75, 3.05) is 6.61 Å². The molecule has 23 heavy (non-hydrogen) atoms. The fourth-order valence-electron chi connectivity index (χ4n) is 1.91. The number of amides is 1. The van der Waals surface area contributed by atoms with Crippen LogP contribution < -0.4 is 15.2 Å². The summed E-state index contributed by atoms with van der Waals surface area (Å²) in [7, 11) is -3.68. The monoisotopic (exact) mass is 354 g/mol. The van der Waals surface area contributed by atoms with Gasteiger partial charge >= 0.3 is 0 Å². The summed E-state index contributed by atoms with van der Waals surface area (Å²) in [4.78, 5) is 12.7. The molecule has 0 atom stereocenters. The number of carbonyl (C=O) groups is 1. The SMILES string of the molecule is CCOc1ccc(CC(=O)NCc2ccc(S(N)(=O)=O)s2)cc1. The lowest BCUT2D eigenvalue weighted by atomic mass is 10.1. The normalized spacial score (nSPS) is 11.2. The fraction of sp³-hybridized carbons (Fsp3) is 0.267. The number of benzene rings is 1. The summed E-state index contributed by atoms with van der Waals surface area (Å²) in [5, 5.41) is 7.80. The molecule has 0 radical (unpaired) electrons. The molecule has 2 rings (SSSR count). The van der Waals surface area contributed by atoms with E-state index in [0.717, 1.165) is 27.5 Å². The Labute approximate surface area is 139 Å². The topological polar surface area (TPSA) is 98.5 Å². The van der Waals surface area contributed by atoms with E-state index < -0.39 is 10.0 Å². The van der Waals surface area contributed by atoms with E-state index in [1.807, 2.05) is 31.2 Å². The summed E-state index contributed by atoms with van der Waals surface area (Å²) < 4.78 is 27.8. The molecule has 0 aliphatic heterocycles. The molecule has 1 amide bonds. The minimum absolute atomic E-state index is 0.0910. The average molecular weight is 354 g/mol. The Kier molecular flexibility index (Phi) is 5.75. The highest BCUT2D eigenvalue weighted by Gasteiger charge is 2.11. The fourth-order valence-corrected chi connectivity index (χ4v) is 3.63. The number of ether oxygens (including phenoxy) is 1. The van der Waals surface area contributed by atoms with Crippen molar-refractivity contribution < 1.29 is 17.9 Å². The van der Waals surface area contributed by atoms with Crippen LogP contribution in [0.15, 0.2) is 40.6 Å². The van der Waals surface area contributed by atoms with Crippen LogP contribution in [0.1, 0.15) is 17.4 Å². The van der Waals surface area contributed by atoms with Gasteiger partial charge in [-0.2, -0.15) is 0 Å². The predicted octanol–water partition coefficient (Wildman–Crippen LogP) is 1.65. The number of sulfonamides is 1. The van der Waals surface area contributed by atoms with Crippen LogP contribution in [0.3, 0.4) is 0 Å². The van der Waals surface area contributed by atoms with Gasteiger partial charge in [0.05, 0.1) is 19.6 Å². The van der Waals surface area contributed by atoms with Gasteiger partial charge in [0.1, 0.15) is 9.96 Å². The van der Waals surface area contributed by atoms with Gasteiger partial charge < -0.3 is 10.1 Å². The second-order valence-electron chi connectivity index (χ2n) is 4.80. The predicted molar refractivity (Wildman–Crippen MR) is 88.9 cm³/mol. The quantitative estimate of drug-likeness (QED) is 0.790. The Balaban J connectivity index is 1.86. The first-order chi connectivity index (χ1) is 10.9. The maximum Gasteiger partial charge on any atom is 0.247 e. The summed E-state index contributed by atoms with van der Waals surface area (Å²) in [5.41, 5.74) is 0.877. The van der Waals surface area contributed by atoms with Gasteiger partial charge in [-0.25, -0.2) is 13.6 Å². The molecular formula is C15H18N2O4S2. The summed E-state index contributed by atoms with van der Waals surface area (Å²) in [6.45, 7) is 2.78. The molecule has 0 fully saturated rings. The zero-order chi connectivity index (χ0) is 16.9. The lowest BCUT2D eigenvalue weighted by molar-refractivity contribution is -0.120. The Hall–Kier alpha value is -1.90. The van der Waals surface area contributed by atoms with E-state index in [1.54, 1.807) is 6.07 Å². The van der Waals surface area contributed by atoms with Crippen molar-refractivity contribution in [3.8, 4) is 5.75 Å². The highest BCUT2D eigenvalue weighted by Crippen LogP contribution is 2.20. The zero-order valence-corrected chi connectivity index (χ0v) is 14.2. The van der Waals surface area contributed by atoms with Crippen LogP contribution in [0, 0.1) is 0 Å². The van der Waals surface area contributed by atoms with Gasteiger partial charge in [-0.1, -0.05) is 12.1 Å². The summed E-state index contributed by atoms with van der Waals surface area (Å²) in [6.07, 6.45) is 0.250. The molecule has 8 heteroatoms. The minimum Gasteiger partial charge on any atom is -0.494 e. The molecule has 0 spiro atoms. The highest BCUT2D eigenvalue weighted by molar-refractivity contribution is 7.91. The van der Waals surface area contributed by atoms with Gasteiger partial charge in [-0.3, -0.25) is 4.79 Å². The van der Waals surface area contributed by atoms with Crippen LogP contribution in [-0.2, 0) is 27.8 Å². The minimum atomic E-state index is -3.68. The van der Waals surface area contributed by atoms with Crippen LogP contribution in [-0.4, -0.2) is 20.9 Å². The Morgan fingerprint density at radius 1 is 1.22 bits per heavy atom. The first-order valence-corrected chi connectivity index (χ1v) is 9.34. The molecule has 1 aromatic carbocycles. The second-order valence-corrected chi connectivity index (χ2v) is 7.75. The van der Waals surface area contributed by atoms with E-state index in [2.05, 4.69) is 5.32 Å². The van der Waals surface area contributed by atoms with E-state index in [1.165, 1.54) is 6.07 Å². The molecular weight excluding hydrogens is 336 g/mol. The Morgan fingerprint density at radius 2 is 1.91 bits per heavy atom. The van der Waals surface area contributed by atoms with Crippen molar-refractivity contribution in [3.05, 3.63) is 46.8 Å². The van der Waals surface area contributed by atoms with Crippen LogP contribution >= 0.6 is 11.3 Å². The van der Waals surface area contributed by atoms with Gasteiger partial charge in [0.15, 0.2) is 0 Å². The first-order valence-electron chi connectivity index (χ1n) is 6.98. The molecule has 124 valence electrons. The third kappa shape index (κ3) is 5.34. The number of nitrogens with two attached hydrogens (primary N) is 1. The summed E-state index contributed by atoms with van der Waals surface area (Å²) >= 11 is 1.05. The van der Waals surface area contributed by atoms with Crippen molar-refractivity contribution in [3.63, 3.8) is 0 Å². The molecule has 3 N–H and O–H groups in total. The molecule has 1 aromatic heterocycles. The van der Waals surface area contributed by atoms with Crippen LogP contribution in [0.25, 0.3) is 0 Å². The van der Waals surface area contributed by atoms with E-state index in [9.17, 15) is 13.2 Å². The van der Waals surface area contributed by atoms with Crippen molar-refractivity contribution in [1.29, 1.82) is 0 Å².